The summed E-state index contributed by atoms with van der Waals surface area (Å²) in [5, 5.41) is 7.75. The molecule has 0 bridgehead atoms. The number of H-pyrrole nitrogens is 1. The zero-order chi connectivity index (χ0) is 16.8. The third-order valence-electron chi connectivity index (χ3n) is 3.67. The second kappa shape index (κ2) is 5.05. The summed E-state index contributed by atoms with van der Waals surface area (Å²) in [6.07, 6.45) is 0. The van der Waals surface area contributed by atoms with E-state index in [0.717, 1.165) is 16.7 Å². The van der Waals surface area contributed by atoms with Crippen molar-refractivity contribution in [3.05, 3.63) is 74.9 Å². The molecule has 0 unspecified atom stereocenters. The predicted octanol–water partition coefficient (Wildman–Crippen LogP) is 1.90. The molecule has 0 saturated carbocycles. The van der Waals surface area contributed by atoms with E-state index in [1.54, 1.807) is 0 Å². The quantitative estimate of drug-likeness (QED) is 0.542. The number of aromatic nitrogens is 4. The van der Waals surface area contributed by atoms with Crippen molar-refractivity contribution in [3.8, 4) is 5.69 Å². The number of nitrogens with zero attached hydrogens (tertiary/aromatic N) is 3. The van der Waals surface area contributed by atoms with Gasteiger partial charge < -0.3 is 4.98 Å². The molecule has 0 spiro atoms. The van der Waals surface area contributed by atoms with Crippen molar-refractivity contribution in [2.75, 3.05) is 0 Å². The number of nitrogens with one attached hydrogen (secondary N) is 1. The van der Waals surface area contributed by atoms with E-state index in [1.807, 2.05) is 0 Å². The van der Waals surface area contributed by atoms with E-state index >= 15 is 0 Å². The molecule has 4 rings (SSSR count). The number of aromatic amines is 1. The molecular weight excluding hydrogens is 318 g/mol. The number of fused-ring (bicyclic) bond motifs is 3. The van der Waals surface area contributed by atoms with Crippen LogP contribution in [-0.4, -0.2) is 19.7 Å². The first-order valence-corrected chi connectivity index (χ1v) is 6.92. The third kappa shape index (κ3) is 2.00. The molecule has 0 atom stereocenters. The second-order valence-electron chi connectivity index (χ2n) is 5.11. The summed E-state index contributed by atoms with van der Waals surface area (Å²) >= 11 is 0. The molecule has 0 aliphatic carbocycles. The molecule has 4 aromatic rings. The zero-order valence-corrected chi connectivity index (χ0v) is 12.0. The Bertz CT molecular complexity index is 1210. The van der Waals surface area contributed by atoms with Crippen LogP contribution in [0.15, 0.2) is 52.1 Å². The largest absolute Gasteiger partial charge is 0.333 e. The molecule has 0 amide bonds. The van der Waals surface area contributed by atoms with Crippen LogP contribution >= 0.6 is 0 Å². The van der Waals surface area contributed by atoms with E-state index in [1.165, 1.54) is 30.3 Å². The lowest BCUT2D eigenvalue weighted by atomic mass is 10.2. The van der Waals surface area contributed by atoms with Crippen molar-refractivity contribution in [1.29, 1.82) is 0 Å². The average molecular weight is 326 g/mol. The Kier molecular flexibility index (Phi) is 2.99. The van der Waals surface area contributed by atoms with Gasteiger partial charge in [0.2, 0.25) is 0 Å². The Hall–Kier alpha value is -3.42. The van der Waals surface area contributed by atoms with E-state index in [0.29, 0.717) is 0 Å². The molecule has 2 aromatic heterocycles. The molecule has 8 heteroatoms. The first-order chi connectivity index (χ1) is 11.6. The highest BCUT2D eigenvalue weighted by atomic mass is 19.1. The Balaban J connectivity index is 2.13. The Morgan fingerprint density at radius 3 is 2.38 bits per heavy atom. The summed E-state index contributed by atoms with van der Waals surface area (Å²) in [5.41, 5.74) is -1.33. The van der Waals surface area contributed by atoms with Crippen LogP contribution in [-0.2, 0) is 0 Å². The molecule has 0 fully saturated rings. The van der Waals surface area contributed by atoms with Gasteiger partial charge in [0.05, 0.1) is 11.2 Å². The molecule has 2 aromatic carbocycles. The first-order valence-electron chi connectivity index (χ1n) is 6.92. The fraction of sp³-hybridized carbons (Fsp3) is 0. The van der Waals surface area contributed by atoms with E-state index in [-0.39, 0.29) is 27.6 Å². The molecule has 24 heavy (non-hydrogen) atoms. The van der Waals surface area contributed by atoms with Crippen LogP contribution in [0.1, 0.15) is 0 Å². The van der Waals surface area contributed by atoms with Gasteiger partial charge >= 0.3 is 5.69 Å². The molecule has 0 aliphatic heterocycles. The van der Waals surface area contributed by atoms with Crippen LogP contribution in [0.3, 0.4) is 0 Å². The summed E-state index contributed by atoms with van der Waals surface area (Å²) < 4.78 is 27.6. The van der Waals surface area contributed by atoms with Crippen LogP contribution < -0.4 is 11.2 Å². The highest BCUT2D eigenvalue weighted by Gasteiger charge is 2.15. The topological polar surface area (TPSA) is 80.6 Å². The van der Waals surface area contributed by atoms with Crippen molar-refractivity contribution in [2.45, 2.75) is 0 Å². The van der Waals surface area contributed by atoms with E-state index < -0.39 is 22.9 Å². The molecule has 0 radical (unpaired) electrons. The number of benzene rings is 2. The number of hydrogen-bond donors (Lipinski definition) is 1. The Labute approximate surface area is 132 Å². The molecule has 1 N–H and O–H groups in total. The first kappa shape index (κ1) is 14.2. The van der Waals surface area contributed by atoms with Gasteiger partial charge in [-0.15, -0.1) is 10.2 Å². The summed E-state index contributed by atoms with van der Waals surface area (Å²) in [7, 11) is 0. The standard InChI is InChI=1S/C16H8F2N4O2/c17-8-4-6-9(7-5-8)22-15(23)14-13(19-16(22)24)10-2-1-3-11(18)12(10)20-21-14/h1-7H,(H,19,24). The summed E-state index contributed by atoms with van der Waals surface area (Å²) in [4.78, 5) is 27.5. The molecule has 118 valence electrons. The normalized spacial score (nSPS) is 11.2. The smallest absolute Gasteiger partial charge is 0.304 e. The summed E-state index contributed by atoms with van der Waals surface area (Å²) in [6.45, 7) is 0. The molecular formula is C16H8F2N4O2. The Morgan fingerprint density at radius 2 is 1.62 bits per heavy atom. The Morgan fingerprint density at radius 1 is 0.917 bits per heavy atom. The van der Waals surface area contributed by atoms with Crippen LogP contribution in [0.2, 0.25) is 0 Å². The maximum Gasteiger partial charge on any atom is 0.333 e. The zero-order valence-electron chi connectivity index (χ0n) is 12.0. The van der Waals surface area contributed by atoms with Gasteiger partial charge in [-0.1, -0.05) is 12.1 Å². The third-order valence-corrected chi connectivity index (χ3v) is 3.67. The minimum absolute atomic E-state index is 0.0421. The maximum absolute atomic E-state index is 13.8. The molecule has 6 nitrogen and oxygen atoms in total. The van der Waals surface area contributed by atoms with E-state index in [2.05, 4.69) is 15.2 Å². The minimum atomic E-state index is -0.738. The number of halogens is 2. The van der Waals surface area contributed by atoms with Crippen LogP contribution in [0.5, 0.6) is 0 Å². The lowest BCUT2D eigenvalue weighted by molar-refractivity contribution is 0.627. The fourth-order valence-corrected chi connectivity index (χ4v) is 2.56. The van der Waals surface area contributed by atoms with Gasteiger partial charge in [-0.25, -0.2) is 18.1 Å². The monoisotopic (exact) mass is 326 g/mol. The van der Waals surface area contributed by atoms with Gasteiger partial charge in [-0.2, -0.15) is 0 Å². The van der Waals surface area contributed by atoms with Crippen LogP contribution in [0.4, 0.5) is 8.78 Å². The van der Waals surface area contributed by atoms with E-state index in [4.69, 9.17) is 0 Å². The van der Waals surface area contributed by atoms with Gasteiger partial charge in [0.25, 0.3) is 5.56 Å². The van der Waals surface area contributed by atoms with Crippen molar-refractivity contribution in [2.24, 2.45) is 0 Å². The van der Waals surface area contributed by atoms with Gasteiger partial charge in [-0.05, 0) is 30.3 Å². The maximum atomic E-state index is 13.8. The van der Waals surface area contributed by atoms with Crippen LogP contribution in [0.25, 0.3) is 27.6 Å². The summed E-state index contributed by atoms with van der Waals surface area (Å²) in [5.74, 6) is -1.10. The van der Waals surface area contributed by atoms with Crippen molar-refractivity contribution in [1.82, 2.24) is 19.7 Å². The van der Waals surface area contributed by atoms with Crippen molar-refractivity contribution in [3.63, 3.8) is 0 Å². The average Bonchev–Trinajstić information content (AvgIpc) is 2.57. The molecule has 0 aliphatic rings. The van der Waals surface area contributed by atoms with Gasteiger partial charge in [0, 0.05) is 5.39 Å². The van der Waals surface area contributed by atoms with Crippen molar-refractivity contribution >= 4 is 21.9 Å². The lowest BCUT2D eigenvalue weighted by Crippen LogP contribution is -2.34. The minimum Gasteiger partial charge on any atom is -0.304 e. The highest BCUT2D eigenvalue weighted by Crippen LogP contribution is 2.19. The summed E-state index contributed by atoms with van der Waals surface area (Å²) in [6, 6.07) is 9.05. The lowest BCUT2D eigenvalue weighted by Gasteiger charge is -2.07. The van der Waals surface area contributed by atoms with Gasteiger partial charge in [0.15, 0.2) is 11.3 Å². The van der Waals surface area contributed by atoms with E-state index in [9.17, 15) is 18.4 Å². The fourth-order valence-electron chi connectivity index (χ4n) is 2.56. The van der Waals surface area contributed by atoms with Gasteiger partial charge in [-0.3, -0.25) is 4.79 Å². The highest BCUT2D eigenvalue weighted by molar-refractivity contribution is 6.00. The van der Waals surface area contributed by atoms with Crippen molar-refractivity contribution < 1.29 is 8.78 Å². The second-order valence-corrected chi connectivity index (χ2v) is 5.11. The van der Waals surface area contributed by atoms with Gasteiger partial charge in [0.1, 0.15) is 11.3 Å². The predicted molar refractivity (Wildman–Crippen MR) is 83.2 cm³/mol. The molecule has 0 saturated heterocycles. The number of rotatable bonds is 1. The SMILES string of the molecule is O=c1[nH]c2c(nnc3c(F)cccc32)c(=O)n1-c1ccc(F)cc1. The van der Waals surface area contributed by atoms with Crippen LogP contribution in [0, 0.1) is 11.6 Å². The number of hydrogen-bond acceptors (Lipinski definition) is 4. The molecule has 2 heterocycles.